The van der Waals surface area contributed by atoms with Crippen molar-refractivity contribution < 1.29 is 4.79 Å². The number of piperidine rings is 1. The summed E-state index contributed by atoms with van der Waals surface area (Å²) in [5, 5.41) is 0. The largest absolute Gasteiger partial charge is 0.336 e. The second-order valence-corrected chi connectivity index (χ2v) is 7.70. The van der Waals surface area contributed by atoms with Crippen LogP contribution in [0.25, 0.3) is 0 Å². The maximum Gasteiger partial charge on any atom is 0.230 e. The normalized spacial score (nSPS) is 23.7. The molecule has 26 heavy (non-hydrogen) atoms. The van der Waals surface area contributed by atoms with Gasteiger partial charge in [0.25, 0.3) is 0 Å². The molecule has 2 aliphatic rings. The van der Waals surface area contributed by atoms with Crippen LogP contribution in [0.2, 0.25) is 0 Å². The van der Waals surface area contributed by atoms with Crippen LogP contribution in [0.15, 0.2) is 42.7 Å². The van der Waals surface area contributed by atoms with Crippen molar-refractivity contribution in [2.24, 2.45) is 5.41 Å². The molecule has 136 valence electrons. The molecule has 2 saturated heterocycles. The van der Waals surface area contributed by atoms with Crippen LogP contribution in [-0.2, 0) is 17.9 Å². The van der Waals surface area contributed by atoms with E-state index in [1.165, 1.54) is 5.56 Å². The molecule has 0 bridgehead atoms. The van der Waals surface area contributed by atoms with E-state index in [4.69, 9.17) is 0 Å². The van der Waals surface area contributed by atoms with Gasteiger partial charge in [0.05, 0.1) is 17.7 Å². The highest BCUT2D eigenvalue weighted by Gasteiger charge is 2.48. The van der Waals surface area contributed by atoms with E-state index in [9.17, 15) is 4.79 Å². The van der Waals surface area contributed by atoms with Crippen molar-refractivity contribution in [3.8, 4) is 0 Å². The number of hydrogen-bond donors (Lipinski definition) is 0. The van der Waals surface area contributed by atoms with E-state index in [1.54, 1.807) is 0 Å². The number of aryl methyl sites for hydroxylation is 1. The van der Waals surface area contributed by atoms with Gasteiger partial charge in [-0.3, -0.25) is 19.7 Å². The molecule has 2 aliphatic heterocycles. The standard InChI is InChI=1S/C21H26N4O/c1-17-4-2-5-19(23-17)15-25-13-9-21(20(25)26)8-3-12-24(16-21)14-18-6-10-22-11-7-18/h2,4-7,10-11H,3,8-9,12-16H2,1H3/t21-/m1/s1. The molecule has 0 aromatic carbocycles. The third-order valence-electron chi connectivity index (χ3n) is 5.71. The lowest BCUT2D eigenvalue weighted by Gasteiger charge is -2.39. The number of rotatable bonds is 4. The Morgan fingerprint density at radius 2 is 1.92 bits per heavy atom. The SMILES string of the molecule is Cc1cccc(CN2CC[C@@]3(CCCN(Cc4ccncc4)C3)C2=O)n1. The highest BCUT2D eigenvalue weighted by Crippen LogP contribution is 2.40. The average Bonchev–Trinajstić information content (AvgIpc) is 2.92. The molecule has 5 nitrogen and oxygen atoms in total. The van der Waals surface area contributed by atoms with E-state index in [-0.39, 0.29) is 5.41 Å². The Labute approximate surface area is 155 Å². The molecule has 1 spiro atoms. The number of amides is 1. The fourth-order valence-electron chi connectivity index (χ4n) is 4.41. The Morgan fingerprint density at radius 1 is 1.08 bits per heavy atom. The van der Waals surface area contributed by atoms with Gasteiger partial charge in [-0.2, -0.15) is 0 Å². The van der Waals surface area contributed by atoms with Crippen molar-refractivity contribution in [1.82, 2.24) is 19.8 Å². The van der Waals surface area contributed by atoms with Gasteiger partial charge in [-0.1, -0.05) is 6.07 Å². The molecule has 0 N–H and O–H groups in total. The molecule has 2 aromatic heterocycles. The number of aromatic nitrogens is 2. The number of likely N-dealkylation sites (tertiary alicyclic amines) is 2. The maximum absolute atomic E-state index is 13.2. The summed E-state index contributed by atoms with van der Waals surface area (Å²) >= 11 is 0. The zero-order chi connectivity index (χ0) is 18.0. The summed E-state index contributed by atoms with van der Waals surface area (Å²) in [4.78, 5) is 26.3. The second kappa shape index (κ2) is 7.16. The summed E-state index contributed by atoms with van der Waals surface area (Å²) in [5.41, 5.74) is 3.06. The Morgan fingerprint density at radius 3 is 2.73 bits per heavy atom. The third-order valence-corrected chi connectivity index (χ3v) is 5.71. The minimum absolute atomic E-state index is 0.199. The predicted molar refractivity (Wildman–Crippen MR) is 100 cm³/mol. The lowest BCUT2D eigenvalue weighted by molar-refractivity contribution is -0.139. The summed E-state index contributed by atoms with van der Waals surface area (Å²) in [7, 11) is 0. The van der Waals surface area contributed by atoms with Gasteiger partial charge in [0, 0.05) is 37.7 Å². The van der Waals surface area contributed by atoms with Crippen LogP contribution in [0.3, 0.4) is 0 Å². The van der Waals surface area contributed by atoms with Gasteiger partial charge >= 0.3 is 0 Å². The molecule has 4 heterocycles. The van der Waals surface area contributed by atoms with Crippen molar-refractivity contribution in [1.29, 1.82) is 0 Å². The first-order valence-electron chi connectivity index (χ1n) is 9.48. The minimum atomic E-state index is -0.199. The fourth-order valence-corrected chi connectivity index (χ4v) is 4.41. The van der Waals surface area contributed by atoms with Crippen molar-refractivity contribution in [2.75, 3.05) is 19.6 Å². The summed E-state index contributed by atoms with van der Waals surface area (Å²) in [6.45, 7) is 6.30. The van der Waals surface area contributed by atoms with Crippen LogP contribution in [0.1, 0.15) is 36.2 Å². The molecule has 2 aromatic rings. The Hall–Kier alpha value is -2.27. The summed E-state index contributed by atoms with van der Waals surface area (Å²) in [6, 6.07) is 10.2. The Kier molecular flexibility index (Phi) is 4.72. The molecule has 1 amide bonds. The molecule has 0 radical (unpaired) electrons. The van der Waals surface area contributed by atoms with Gasteiger partial charge in [-0.15, -0.1) is 0 Å². The zero-order valence-electron chi connectivity index (χ0n) is 15.4. The lowest BCUT2D eigenvalue weighted by Crippen LogP contribution is -2.47. The average molecular weight is 350 g/mol. The van der Waals surface area contributed by atoms with Crippen molar-refractivity contribution in [2.45, 2.75) is 39.3 Å². The maximum atomic E-state index is 13.2. The lowest BCUT2D eigenvalue weighted by atomic mass is 9.78. The number of hydrogen-bond acceptors (Lipinski definition) is 4. The van der Waals surface area contributed by atoms with E-state index < -0.39 is 0 Å². The topological polar surface area (TPSA) is 49.3 Å². The van der Waals surface area contributed by atoms with E-state index in [0.717, 1.165) is 56.8 Å². The predicted octanol–water partition coefficient (Wildman–Crippen LogP) is 2.80. The van der Waals surface area contributed by atoms with Crippen molar-refractivity contribution in [3.63, 3.8) is 0 Å². The van der Waals surface area contributed by atoms with Crippen LogP contribution >= 0.6 is 0 Å². The Balaban J connectivity index is 1.44. The molecule has 2 fully saturated rings. The molecule has 1 atom stereocenters. The highest BCUT2D eigenvalue weighted by atomic mass is 16.2. The van der Waals surface area contributed by atoms with Crippen LogP contribution in [0, 0.1) is 12.3 Å². The second-order valence-electron chi connectivity index (χ2n) is 7.70. The molecular weight excluding hydrogens is 324 g/mol. The van der Waals surface area contributed by atoms with Crippen LogP contribution in [0.5, 0.6) is 0 Å². The molecule has 0 unspecified atom stereocenters. The van der Waals surface area contributed by atoms with Gasteiger partial charge in [-0.05, 0) is 62.6 Å². The van der Waals surface area contributed by atoms with Gasteiger partial charge in [0.2, 0.25) is 5.91 Å². The highest BCUT2D eigenvalue weighted by molar-refractivity contribution is 5.85. The van der Waals surface area contributed by atoms with Gasteiger partial charge < -0.3 is 4.90 Å². The number of carbonyl (C=O) groups is 1. The van der Waals surface area contributed by atoms with E-state index in [2.05, 4.69) is 27.0 Å². The first-order valence-corrected chi connectivity index (χ1v) is 9.48. The first kappa shape index (κ1) is 17.2. The number of nitrogens with zero attached hydrogens (tertiary/aromatic N) is 4. The summed E-state index contributed by atoms with van der Waals surface area (Å²) < 4.78 is 0. The van der Waals surface area contributed by atoms with Crippen molar-refractivity contribution >= 4 is 5.91 Å². The van der Waals surface area contributed by atoms with Crippen LogP contribution < -0.4 is 0 Å². The van der Waals surface area contributed by atoms with Crippen LogP contribution in [-0.4, -0.2) is 45.3 Å². The molecule has 0 saturated carbocycles. The van der Waals surface area contributed by atoms with Crippen LogP contribution in [0.4, 0.5) is 0 Å². The first-order chi connectivity index (χ1) is 12.6. The zero-order valence-corrected chi connectivity index (χ0v) is 15.4. The summed E-state index contributed by atoms with van der Waals surface area (Å²) in [5.74, 6) is 0.320. The van der Waals surface area contributed by atoms with Gasteiger partial charge in [0.1, 0.15) is 0 Å². The molecule has 0 aliphatic carbocycles. The molecule has 4 rings (SSSR count). The van der Waals surface area contributed by atoms with E-state index >= 15 is 0 Å². The number of pyridine rings is 2. The van der Waals surface area contributed by atoms with Gasteiger partial charge in [-0.25, -0.2) is 0 Å². The third kappa shape index (κ3) is 3.49. The molecular formula is C21H26N4O. The van der Waals surface area contributed by atoms with E-state index in [0.29, 0.717) is 12.5 Å². The van der Waals surface area contributed by atoms with E-state index in [1.807, 2.05) is 42.4 Å². The smallest absolute Gasteiger partial charge is 0.230 e. The van der Waals surface area contributed by atoms with Crippen molar-refractivity contribution in [3.05, 3.63) is 59.7 Å². The molecule has 5 heteroatoms. The quantitative estimate of drug-likeness (QED) is 0.851. The van der Waals surface area contributed by atoms with Gasteiger partial charge in [0.15, 0.2) is 0 Å². The number of carbonyl (C=O) groups excluding carboxylic acids is 1. The fraction of sp³-hybridized carbons (Fsp3) is 0.476. The monoisotopic (exact) mass is 350 g/mol. The summed E-state index contributed by atoms with van der Waals surface area (Å²) in [6.07, 6.45) is 6.74. The minimum Gasteiger partial charge on any atom is -0.336 e. The Bertz CT molecular complexity index is 779.